The maximum Gasteiger partial charge on any atom is 0.381 e. The first-order chi connectivity index (χ1) is 5.70. The van der Waals surface area contributed by atoms with Gasteiger partial charge in [0.05, 0.1) is 0 Å². The fourth-order valence-corrected chi connectivity index (χ4v) is 2.34. The van der Waals surface area contributed by atoms with Crippen LogP contribution in [0.5, 0.6) is 0 Å². The van der Waals surface area contributed by atoms with Crippen LogP contribution in [0, 0.1) is 23.2 Å². The second-order valence-corrected chi connectivity index (χ2v) is 4.03. The fraction of sp³-hybridized carbons (Fsp3) is 0.700. The third kappa shape index (κ3) is 1.20. The second kappa shape index (κ2) is 2.52. The summed E-state index contributed by atoms with van der Waals surface area (Å²) in [6.45, 7) is 0. The quantitative estimate of drug-likeness (QED) is 0.553. The lowest BCUT2D eigenvalue weighted by molar-refractivity contribution is -0.130. The molecule has 2 fully saturated rings. The van der Waals surface area contributed by atoms with Gasteiger partial charge in [-0.3, -0.25) is 0 Å². The van der Waals surface area contributed by atoms with Crippen LogP contribution in [0.3, 0.4) is 0 Å². The first kappa shape index (κ1) is 7.67. The van der Waals surface area contributed by atoms with Gasteiger partial charge < -0.3 is 5.11 Å². The zero-order valence-corrected chi connectivity index (χ0v) is 6.97. The van der Waals surface area contributed by atoms with E-state index in [1.807, 2.05) is 0 Å². The summed E-state index contributed by atoms with van der Waals surface area (Å²) < 4.78 is 0. The SMILES string of the molecule is O=C(O)C#CC1CC2(CCC2)C1. The number of carbonyl (C=O) groups is 1. The Morgan fingerprint density at radius 3 is 2.50 bits per heavy atom. The highest BCUT2D eigenvalue weighted by atomic mass is 16.4. The average molecular weight is 164 g/mol. The number of hydrogen-bond acceptors (Lipinski definition) is 1. The van der Waals surface area contributed by atoms with Crippen LogP contribution in [0.1, 0.15) is 32.1 Å². The molecule has 0 radical (unpaired) electrons. The molecular formula is C10H12O2. The van der Waals surface area contributed by atoms with Crippen LogP contribution < -0.4 is 0 Å². The Bertz CT molecular complexity index is 257. The summed E-state index contributed by atoms with van der Waals surface area (Å²) in [5.41, 5.74) is 0.609. The van der Waals surface area contributed by atoms with Gasteiger partial charge in [0.25, 0.3) is 0 Å². The minimum Gasteiger partial charge on any atom is -0.472 e. The molecule has 1 N–H and O–H groups in total. The second-order valence-electron chi connectivity index (χ2n) is 4.03. The van der Waals surface area contributed by atoms with Crippen molar-refractivity contribution in [1.82, 2.24) is 0 Å². The first-order valence-corrected chi connectivity index (χ1v) is 4.45. The van der Waals surface area contributed by atoms with Gasteiger partial charge in [0.1, 0.15) is 0 Å². The first-order valence-electron chi connectivity index (χ1n) is 4.45. The van der Waals surface area contributed by atoms with E-state index >= 15 is 0 Å². The largest absolute Gasteiger partial charge is 0.472 e. The van der Waals surface area contributed by atoms with Crippen molar-refractivity contribution in [3.05, 3.63) is 0 Å². The Morgan fingerprint density at radius 1 is 1.42 bits per heavy atom. The van der Waals surface area contributed by atoms with Crippen molar-refractivity contribution in [3.8, 4) is 11.8 Å². The van der Waals surface area contributed by atoms with Crippen molar-refractivity contribution in [2.75, 3.05) is 0 Å². The summed E-state index contributed by atoms with van der Waals surface area (Å²) in [5, 5.41) is 8.31. The van der Waals surface area contributed by atoms with Crippen LogP contribution in [0.15, 0.2) is 0 Å². The van der Waals surface area contributed by atoms with E-state index in [1.54, 1.807) is 0 Å². The van der Waals surface area contributed by atoms with Crippen LogP contribution in [-0.4, -0.2) is 11.1 Å². The Labute approximate surface area is 72.0 Å². The van der Waals surface area contributed by atoms with E-state index in [4.69, 9.17) is 5.11 Å². The lowest BCUT2D eigenvalue weighted by atomic mass is 9.52. The van der Waals surface area contributed by atoms with Crippen LogP contribution in [0.2, 0.25) is 0 Å². The summed E-state index contributed by atoms with van der Waals surface area (Å²) in [6, 6.07) is 0. The van der Waals surface area contributed by atoms with Gasteiger partial charge in [-0.25, -0.2) is 4.79 Å². The lowest BCUT2D eigenvalue weighted by Crippen LogP contribution is -2.42. The number of aliphatic carboxylic acids is 1. The highest BCUT2D eigenvalue weighted by molar-refractivity contribution is 5.86. The molecule has 2 nitrogen and oxygen atoms in total. The van der Waals surface area contributed by atoms with Crippen LogP contribution in [-0.2, 0) is 4.79 Å². The van der Waals surface area contributed by atoms with Crippen molar-refractivity contribution in [1.29, 1.82) is 0 Å². The number of carboxylic acids is 1. The van der Waals surface area contributed by atoms with Gasteiger partial charge in [-0.05, 0) is 31.1 Å². The molecule has 0 aromatic carbocycles. The summed E-state index contributed by atoms with van der Waals surface area (Å²) in [4.78, 5) is 10.1. The van der Waals surface area contributed by atoms with Gasteiger partial charge in [0, 0.05) is 11.8 Å². The lowest BCUT2D eigenvalue weighted by Gasteiger charge is -2.52. The van der Waals surface area contributed by atoms with Crippen molar-refractivity contribution in [2.45, 2.75) is 32.1 Å². The van der Waals surface area contributed by atoms with Crippen LogP contribution in [0.25, 0.3) is 0 Å². The average Bonchev–Trinajstić information content (AvgIpc) is 1.79. The molecule has 2 rings (SSSR count). The Morgan fingerprint density at radius 2 is 2.08 bits per heavy atom. The maximum atomic E-state index is 10.1. The van der Waals surface area contributed by atoms with Gasteiger partial charge in [-0.15, -0.1) is 0 Å². The standard InChI is InChI=1S/C10H12O2/c11-9(12)3-2-8-6-10(7-8)4-1-5-10/h8H,1,4-7H2,(H,11,12). The molecule has 0 amide bonds. The maximum absolute atomic E-state index is 10.1. The zero-order valence-electron chi connectivity index (χ0n) is 6.97. The molecule has 0 aromatic rings. The molecule has 0 unspecified atom stereocenters. The molecule has 0 atom stereocenters. The molecule has 2 aliphatic rings. The predicted molar refractivity (Wildman–Crippen MR) is 44.4 cm³/mol. The Balaban J connectivity index is 1.82. The van der Waals surface area contributed by atoms with E-state index in [9.17, 15) is 4.79 Å². The van der Waals surface area contributed by atoms with E-state index in [0.29, 0.717) is 11.3 Å². The van der Waals surface area contributed by atoms with Crippen molar-refractivity contribution >= 4 is 5.97 Å². The Hall–Kier alpha value is -0.970. The van der Waals surface area contributed by atoms with Gasteiger partial charge in [-0.2, -0.15) is 0 Å². The van der Waals surface area contributed by atoms with Crippen LogP contribution >= 0.6 is 0 Å². The number of rotatable bonds is 0. The minimum absolute atomic E-state index is 0.376. The zero-order chi connectivity index (χ0) is 8.60. The summed E-state index contributed by atoms with van der Waals surface area (Å²) >= 11 is 0. The van der Waals surface area contributed by atoms with Gasteiger partial charge >= 0.3 is 5.97 Å². The normalized spacial score (nSPS) is 25.0. The minimum atomic E-state index is -0.996. The molecule has 0 aliphatic heterocycles. The van der Waals surface area contributed by atoms with Gasteiger partial charge in [-0.1, -0.05) is 12.3 Å². The third-order valence-corrected chi connectivity index (χ3v) is 3.16. The van der Waals surface area contributed by atoms with E-state index in [1.165, 1.54) is 19.3 Å². The van der Waals surface area contributed by atoms with Crippen molar-refractivity contribution in [2.24, 2.45) is 11.3 Å². The third-order valence-electron chi connectivity index (χ3n) is 3.16. The number of carboxylic acid groups (broad SMARTS) is 1. The molecule has 0 saturated heterocycles. The summed E-state index contributed by atoms with van der Waals surface area (Å²) in [6.07, 6.45) is 6.34. The van der Waals surface area contributed by atoms with Gasteiger partial charge in [0.15, 0.2) is 0 Å². The molecule has 0 aromatic heterocycles. The highest BCUT2D eigenvalue weighted by Gasteiger charge is 2.47. The van der Waals surface area contributed by atoms with E-state index in [0.717, 1.165) is 12.8 Å². The molecule has 2 aliphatic carbocycles. The highest BCUT2D eigenvalue weighted by Crippen LogP contribution is 2.58. The molecule has 0 heterocycles. The molecule has 0 bridgehead atoms. The van der Waals surface area contributed by atoms with Crippen LogP contribution in [0.4, 0.5) is 0 Å². The summed E-state index contributed by atoms with van der Waals surface area (Å²) in [7, 11) is 0. The molecule has 2 saturated carbocycles. The monoisotopic (exact) mass is 164 g/mol. The number of hydrogen-bond donors (Lipinski definition) is 1. The molecule has 1 spiro atoms. The molecule has 64 valence electrons. The molecular weight excluding hydrogens is 152 g/mol. The summed E-state index contributed by atoms with van der Waals surface area (Å²) in [5.74, 6) is 4.37. The fourth-order valence-electron chi connectivity index (χ4n) is 2.34. The van der Waals surface area contributed by atoms with E-state index < -0.39 is 5.97 Å². The van der Waals surface area contributed by atoms with E-state index in [-0.39, 0.29) is 0 Å². The predicted octanol–water partition coefficient (Wildman–Crippen LogP) is 1.65. The topological polar surface area (TPSA) is 37.3 Å². The van der Waals surface area contributed by atoms with Crippen molar-refractivity contribution in [3.63, 3.8) is 0 Å². The Kier molecular flexibility index (Phi) is 1.61. The smallest absolute Gasteiger partial charge is 0.381 e. The van der Waals surface area contributed by atoms with Crippen molar-refractivity contribution < 1.29 is 9.90 Å². The van der Waals surface area contributed by atoms with Gasteiger partial charge in [0.2, 0.25) is 0 Å². The molecule has 12 heavy (non-hydrogen) atoms. The molecule has 2 heteroatoms. The van der Waals surface area contributed by atoms with E-state index in [2.05, 4.69) is 11.8 Å².